The summed E-state index contributed by atoms with van der Waals surface area (Å²) in [5.41, 5.74) is -0.425. The molecule has 0 aliphatic rings. The highest BCUT2D eigenvalue weighted by atomic mass is 79.9. The predicted octanol–water partition coefficient (Wildman–Crippen LogP) is 5.33. The van der Waals surface area contributed by atoms with Crippen molar-refractivity contribution in [3.8, 4) is 0 Å². The summed E-state index contributed by atoms with van der Waals surface area (Å²) in [5, 5.41) is 10.1. The number of alkyl halides is 3. The van der Waals surface area contributed by atoms with Crippen LogP contribution in [0, 0.1) is 5.92 Å². The average molecular weight is 339 g/mol. The number of hydrogen-bond acceptors (Lipinski definition) is 1. The van der Waals surface area contributed by atoms with Crippen LogP contribution in [0.5, 0.6) is 0 Å². The Labute approximate surface area is 120 Å². The molecule has 1 nitrogen and oxygen atoms in total. The molecule has 108 valence electrons. The van der Waals surface area contributed by atoms with Crippen LogP contribution in [-0.4, -0.2) is 5.11 Å². The van der Waals surface area contributed by atoms with Crippen LogP contribution in [0.25, 0.3) is 0 Å². The van der Waals surface area contributed by atoms with Crippen molar-refractivity contribution in [1.82, 2.24) is 0 Å². The molecule has 1 aromatic carbocycles. The van der Waals surface area contributed by atoms with E-state index in [2.05, 4.69) is 15.9 Å². The van der Waals surface area contributed by atoms with E-state index in [0.717, 1.165) is 25.0 Å². The first-order valence-corrected chi connectivity index (χ1v) is 7.09. The first kappa shape index (κ1) is 16.5. The molecule has 0 heterocycles. The molecule has 0 radical (unpaired) electrons. The predicted molar refractivity (Wildman–Crippen MR) is 72.8 cm³/mol. The van der Waals surface area contributed by atoms with E-state index in [1.807, 2.05) is 13.8 Å². The largest absolute Gasteiger partial charge is 0.416 e. The van der Waals surface area contributed by atoms with Gasteiger partial charge in [0, 0.05) is 4.47 Å². The lowest BCUT2D eigenvalue weighted by atomic mass is 9.94. The maximum absolute atomic E-state index is 12.6. The van der Waals surface area contributed by atoms with Crippen LogP contribution in [0.1, 0.15) is 50.3 Å². The molecule has 1 aromatic rings. The molecular formula is C14H18BrF3O. The van der Waals surface area contributed by atoms with Crippen molar-refractivity contribution in [2.45, 2.75) is 45.4 Å². The van der Waals surface area contributed by atoms with E-state index in [0.29, 0.717) is 16.5 Å². The van der Waals surface area contributed by atoms with Crippen LogP contribution in [0.15, 0.2) is 22.7 Å². The van der Waals surface area contributed by atoms with Crippen molar-refractivity contribution in [2.75, 3.05) is 0 Å². The smallest absolute Gasteiger partial charge is 0.388 e. The van der Waals surface area contributed by atoms with E-state index >= 15 is 0 Å². The highest BCUT2D eigenvalue weighted by molar-refractivity contribution is 9.10. The maximum Gasteiger partial charge on any atom is 0.416 e. The maximum atomic E-state index is 12.6. The van der Waals surface area contributed by atoms with E-state index in [4.69, 9.17) is 0 Å². The Morgan fingerprint density at radius 2 is 1.95 bits per heavy atom. The Kier molecular flexibility index (Phi) is 5.86. The van der Waals surface area contributed by atoms with E-state index in [9.17, 15) is 18.3 Å². The standard InChI is InChI=1S/C14H18BrF3O/c1-3-4-9(2)7-13(19)11-8-10(14(16,17)18)5-6-12(11)15/h5-6,8-9,13,19H,3-4,7H2,1-2H3. The topological polar surface area (TPSA) is 20.2 Å². The zero-order valence-electron chi connectivity index (χ0n) is 11.0. The van der Waals surface area contributed by atoms with Crippen molar-refractivity contribution in [2.24, 2.45) is 5.92 Å². The van der Waals surface area contributed by atoms with Gasteiger partial charge in [0.1, 0.15) is 0 Å². The van der Waals surface area contributed by atoms with Gasteiger partial charge < -0.3 is 5.11 Å². The summed E-state index contributed by atoms with van der Waals surface area (Å²) in [6.45, 7) is 4.04. The van der Waals surface area contributed by atoms with Crippen molar-refractivity contribution in [1.29, 1.82) is 0 Å². The molecule has 0 aliphatic heterocycles. The molecule has 2 unspecified atom stereocenters. The molecule has 0 bridgehead atoms. The van der Waals surface area contributed by atoms with E-state index in [1.165, 1.54) is 6.07 Å². The van der Waals surface area contributed by atoms with Crippen LogP contribution < -0.4 is 0 Å². The average Bonchev–Trinajstić information content (AvgIpc) is 2.27. The molecule has 0 aromatic heterocycles. The SMILES string of the molecule is CCCC(C)CC(O)c1cc(C(F)(F)F)ccc1Br. The number of hydrogen-bond donors (Lipinski definition) is 1. The zero-order chi connectivity index (χ0) is 14.6. The second-order valence-electron chi connectivity index (χ2n) is 4.88. The first-order chi connectivity index (χ1) is 8.75. The Balaban J connectivity index is 2.92. The summed E-state index contributed by atoms with van der Waals surface area (Å²) in [6, 6.07) is 3.37. The van der Waals surface area contributed by atoms with Gasteiger partial charge in [-0.15, -0.1) is 0 Å². The molecule has 0 saturated heterocycles. The minimum atomic E-state index is -4.38. The quantitative estimate of drug-likeness (QED) is 0.769. The molecule has 0 aliphatic carbocycles. The zero-order valence-corrected chi connectivity index (χ0v) is 12.6. The molecule has 0 saturated carbocycles. The number of aliphatic hydroxyl groups is 1. The van der Waals surface area contributed by atoms with Gasteiger partial charge in [0.05, 0.1) is 11.7 Å². The Hall–Kier alpha value is -0.550. The molecule has 1 rings (SSSR count). The van der Waals surface area contributed by atoms with Crippen molar-refractivity contribution >= 4 is 15.9 Å². The summed E-state index contributed by atoms with van der Waals surface area (Å²) < 4.78 is 38.5. The summed E-state index contributed by atoms with van der Waals surface area (Å²) >= 11 is 3.20. The fraction of sp³-hybridized carbons (Fsp3) is 0.571. The van der Waals surface area contributed by atoms with Crippen LogP contribution >= 0.6 is 15.9 Å². The molecule has 0 amide bonds. The third-order valence-electron chi connectivity index (χ3n) is 3.09. The van der Waals surface area contributed by atoms with Gasteiger partial charge in [0.25, 0.3) is 0 Å². The summed E-state index contributed by atoms with van der Waals surface area (Å²) in [5.74, 6) is 0.279. The Morgan fingerprint density at radius 3 is 2.47 bits per heavy atom. The molecule has 0 fully saturated rings. The second-order valence-corrected chi connectivity index (χ2v) is 5.73. The van der Waals surface area contributed by atoms with Gasteiger partial charge in [0.2, 0.25) is 0 Å². The Bertz CT molecular complexity index is 418. The molecule has 5 heteroatoms. The monoisotopic (exact) mass is 338 g/mol. The lowest BCUT2D eigenvalue weighted by Gasteiger charge is -2.19. The number of benzene rings is 1. The van der Waals surface area contributed by atoms with Crippen molar-refractivity contribution < 1.29 is 18.3 Å². The first-order valence-electron chi connectivity index (χ1n) is 6.30. The molecule has 1 N–H and O–H groups in total. The van der Waals surface area contributed by atoms with Crippen LogP contribution in [-0.2, 0) is 6.18 Å². The van der Waals surface area contributed by atoms with E-state index in [1.54, 1.807) is 0 Å². The lowest BCUT2D eigenvalue weighted by molar-refractivity contribution is -0.137. The number of halogens is 4. The van der Waals surface area contributed by atoms with Gasteiger partial charge in [-0.05, 0) is 36.1 Å². The van der Waals surface area contributed by atoms with Gasteiger partial charge >= 0.3 is 6.18 Å². The molecule has 2 atom stereocenters. The third kappa shape index (κ3) is 4.80. The van der Waals surface area contributed by atoms with Crippen LogP contribution in [0.3, 0.4) is 0 Å². The minimum absolute atomic E-state index is 0.279. The number of rotatable bonds is 5. The highest BCUT2D eigenvalue weighted by Gasteiger charge is 2.31. The van der Waals surface area contributed by atoms with Crippen molar-refractivity contribution in [3.63, 3.8) is 0 Å². The van der Waals surface area contributed by atoms with Crippen LogP contribution in [0.4, 0.5) is 13.2 Å². The van der Waals surface area contributed by atoms with Gasteiger partial charge in [-0.3, -0.25) is 0 Å². The van der Waals surface area contributed by atoms with Gasteiger partial charge in [-0.25, -0.2) is 0 Å². The van der Waals surface area contributed by atoms with Gasteiger partial charge in [-0.1, -0.05) is 42.6 Å². The third-order valence-corrected chi connectivity index (χ3v) is 3.81. The highest BCUT2D eigenvalue weighted by Crippen LogP contribution is 2.35. The lowest BCUT2D eigenvalue weighted by Crippen LogP contribution is -2.09. The molecular weight excluding hydrogens is 321 g/mol. The van der Waals surface area contributed by atoms with Crippen molar-refractivity contribution in [3.05, 3.63) is 33.8 Å². The normalized spacial score (nSPS) is 15.3. The summed E-state index contributed by atoms with van der Waals surface area (Å²) in [4.78, 5) is 0. The van der Waals surface area contributed by atoms with Crippen LogP contribution in [0.2, 0.25) is 0 Å². The fourth-order valence-corrected chi connectivity index (χ4v) is 2.61. The Morgan fingerprint density at radius 1 is 1.32 bits per heavy atom. The van der Waals surface area contributed by atoms with E-state index < -0.39 is 17.8 Å². The van der Waals surface area contributed by atoms with Gasteiger partial charge in [0.15, 0.2) is 0 Å². The number of aliphatic hydroxyl groups excluding tert-OH is 1. The van der Waals surface area contributed by atoms with E-state index in [-0.39, 0.29) is 5.92 Å². The molecule has 19 heavy (non-hydrogen) atoms. The minimum Gasteiger partial charge on any atom is -0.388 e. The summed E-state index contributed by atoms with van der Waals surface area (Å²) in [6.07, 6.45) is -2.85. The summed E-state index contributed by atoms with van der Waals surface area (Å²) in [7, 11) is 0. The second kappa shape index (κ2) is 6.75. The molecule has 0 spiro atoms. The fourth-order valence-electron chi connectivity index (χ4n) is 2.09. The van der Waals surface area contributed by atoms with Gasteiger partial charge in [-0.2, -0.15) is 13.2 Å².